The summed E-state index contributed by atoms with van der Waals surface area (Å²) in [6.45, 7) is 2.08. The van der Waals surface area contributed by atoms with Crippen LogP contribution < -0.4 is 11.3 Å². The topological polar surface area (TPSA) is 58.9 Å². The van der Waals surface area contributed by atoms with Gasteiger partial charge < -0.3 is 10.7 Å². The zero-order valence-electron chi connectivity index (χ0n) is 10.1. The SMILES string of the molecule is C/C=C1\C2CCC[C@]1(N)c1ccc(=O)[nH]c1C2. The number of pyridine rings is 1. The molecule has 3 nitrogen and oxygen atoms in total. The molecule has 90 valence electrons. The molecule has 2 aliphatic rings. The fourth-order valence-electron chi connectivity index (χ4n) is 3.63. The van der Waals surface area contributed by atoms with Gasteiger partial charge in [-0.2, -0.15) is 0 Å². The van der Waals surface area contributed by atoms with Crippen LogP contribution in [0, 0.1) is 5.92 Å². The fraction of sp³-hybridized carbons (Fsp3) is 0.500. The van der Waals surface area contributed by atoms with Crippen LogP contribution >= 0.6 is 0 Å². The maximum atomic E-state index is 11.4. The van der Waals surface area contributed by atoms with Gasteiger partial charge in [0.1, 0.15) is 0 Å². The molecule has 0 radical (unpaired) electrons. The number of aromatic nitrogens is 1. The maximum Gasteiger partial charge on any atom is 0.248 e. The number of H-pyrrole nitrogens is 1. The first-order valence-corrected chi connectivity index (χ1v) is 6.33. The van der Waals surface area contributed by atoms with Crippen molar-refractivity contribution in [2.45, 2.75) is 38.1 Å². The van der Waals surface area contributed by atoms with E-state index in [1.165, 1.54) is 18.4 Å². The second-order valence-electron chi connectivity index (χ2n) is 5.22. The van der Waals surface area contributed by atoms with Crippen molar-refractivity contribution in [3.8, 4) is 0 Å². The quantitative estimate of drug-likeness (QED) is 0.668. The van der Waals surface area contributed by atoms with Crippen LogP contribution in [0.25, 0.3) is 0 Å². The van der Waals surface area contributed by atoms with Gasteiger partial charge in [-0.15, -0.1) is 0 Å². The molecule has 0 aromatic carbocycles. The molecule has 1 heterocycles. The smallest absolute Gasteiger partial charge is 0.248 e. The molecule has 0 spiro atoms. The Bertz CT molecular complexity index is 543. The van der Waals surface area contributed by atoms with E-state index in [-0.39, 0.29) is 11.1 Å². The van der Waals surface area contributed by atoms with E-state index in [0.717, 1.165) is 24.1 Å². The van der Waals surface area contributed by atoms with E-state index in [4.69, 9.17) is 5.73 Å². The Hall–Kier alpha value is -1.35. The molecule has 1 fully saturated rings. The highest BCUT2D eigenvalue weighted by molar-refractivity contribution is 5.44. The van der Waals surface area contributed by atoms with Gasteiger partial charge >= 0.3 is 0 Å². The van der Waals surface area contributed by atoms with Crippen molar-refractivity contribution in [1.29, 1.82) is 0 Å². The van der Waals surface area contributed by atoms with Crippen molar-refractivity contribution in [3.63, 3.8) is 0 Å². The van der Waals surface area contributed by atoms with Crippen LogP contribution in [0.5, 0.6) is 0 Å². The third-order valence-electron chi connectivity index (χ3n) is 4.32. The van der Waals surface area contributed by atoms with Crippen LogP contribution in [0.15, 0.2) is 28.6 Å². The minimum Gasteiger partial charge on any atom is -0.326 e. The Labute approximate surface area is 101 Å². The van der Waals surface area contributed by atoms with Gasteiger partial charge in [0.2, 0.25) is 5.56 Å². The molecule has 1 aromatic heterocycles. The first-order chi connectivity index (χ1) is 8.15. The van der Waals surface area contributed by atoms with E-state index in [0.29, 0.717) is 5.92 Å². The molecule has 2 bridgehead atoms. The monoisotopic (exact) mass is 230 g/mol. The first kappa shape index (κ1) is 10.8. The zero-order chi connectivity index (χ0) is 12.0. The highest BCUT2D eigenvalue weighted by Crippen LogP contribution is 2.48. The van der Waals surface area contributed by atoms with Crippen LogP contribution in [0.2, 0.25) is 0 Å². The van der Waals surface area contributed by atoms with Crippen molar-refractivity contribution in [2.75, 3.05) is 0 Å². The summed E-state index contributed by atoms with van der Waals surface area (Å²) in [6, 6.07) is 3.51. The standard InChI is InChI=1S/C14H18N2O/c1-2-10-9-4-3-7-14(10,15)11-5-6-13(17)16-12(11)8-9/h2,5-6,9H,3-4,7-8,15H2,1H3,(H,16,17)/b10-2+/t9?,14-/m1/s1. The molecule has 1 aromatic rings. The van der Waals surface area contributed by atoms with Crippen molar-refractivity contribution in [1.82, 2.24) is 4.98 Å². The van der Waals surface area contributed by atoms with E-state index in [2.05, 4.69) is 18.0 Å². The van der Waals surface area contributed by atoms with Crippen LogP contribution in [0.4, 0.5) is 0 Å². The van der Waals surface area contributed by atoms with Gasteiger partial charge in [-0.05, 0) is 49.3 Å². The number of hydrogen-bond donors (Lipinski definition) is 2. The van der Waals surface area contributed by atoms with E-state index in [9.17, 15) is 4.79 Å². The highest BCUT2D eigenvalue weighted by Gasteiger charge is 2.44. The third-order valence-corrected chi connectivity index (χ3v) is 4.32. The van der Waals surface area contributed by atoms with Crippen molar-refractivity contribution in [2.24, 2.45) is 11.7 Å². The highest BCUT2D eigenvalue weighted by atomic mass is 16.1. The number of fused-ring (bicyclic) bond motifs is 4. The molecule has 0 amide bonds. The van der Waals surface area contributed by atoms with Crippen LogP contribution in [0.1, 0.15) is 37.4 Å². The number of nitrogens with two attached hydrogens (primary N) is 1. The lowest BCUT2D eigenvalue weighted by Gasteiger charge is -2.46. The maximum absolute atomic E-state index is 11.4. The number of allylic oxidation sites excluding steroid dienone is 1. The molecular formula is C14H18N2O. The lowest BCUT2D eigenvalue weighted by Crippen LogP contribution is -2.48. The Morgan fingerprint density at radius 2 is 2.35 bits per heavy atom. The van der Waals surface area contributed by atoms with E-state index >= 15 is 0 Å². The molecule has 2 atom stereocenters. The number of aromatic amines is 1. The Kier molecular flexibility index (Phi) is 2.26. The first-order valence-electron chi connectivity index (χ1n) is 6.33. The predicted molar refractivity (Wildman–Crippen MR) is 67.7 cm³/mol. The largest absolute Gasteiger partial charge is 0.326 e. The number of nitrogens with one attached hydrogen (secondary N) is 1. The van der Waals surface area contributed by atoms with Gasteiger partial charge in [-0.25, -0.2) is 0 Å². The van der Waals surface area contributed by atoms with E-state index < -0.39 is 0 Å². The molecule has 2 aliphatic carbocycles. The lowest BCUT2D eigenvalue weighted by atomic mass is 9.62. The summed E-state index contributed by atoms with van der Waals surface area (Å²) in [5.41, 5.74) is 9.81. The van der Waals surface area contributed by atoms with Gasteiger partial charge in [0.05, 0.1) is 5.54 Å². The van der Waals surface area contributed by atoms with Crippen molar-refractivity contribution >= 4 is 0 Å². The van der Waals surface area contributed by atoms with E-state index in [1.807, 2.05) is 6.07 Å². The van der Waals surface area contributed by atoms with Crippen LogP contribution in [-0.2, 0) is 12.0 Å². The Morgan fingerprint density at radius 1 is 1.53 bits per heavy atom. The number of hydrogen-bond acceptors (Lipinski definition) is 2. The summed E-state index contributed by atoms with van der Waals surface area (Å²) >= 11 is 0. The predicted octanol–water partition coefficient (Wildman–Crippen LogP) is 1.83. The normalized spacial score (nSPS) is 33.5. The molecule has 1 unspecified atom stereocenters. The van der Waals surface area contributed by atoms with Gasteiger partial charge in [-0.1, -0.05) is 12.5 Å². The molecule has 3 heteroatoms. The molecule has 0 saturated heterocycles. The molecule has 3 rings (SSSR count). The minimum absolute atomic E-state index is 0.0191. The number of rotatable bonds is 0. The molecule has 1 saturated carbocycles. The second-order valence-corrected chi connectivity index (χ2v) is 5.22. The van der Waals surface area contributed by atoms with E-state index in [1.54, 1.807) is 6.07 Å². The minimum atomic E-state index is -0.338. The van der Waals surface area contributed by atoms with Gasteiger partial charge in [0, 0.05) is 11.8 Å². The summed E-state index contributed by atoms with van der Waals surface area (Å²) in [4.78, 5) is 14.4. The summed E-state index contributed by atoms with van der Waals surface area (Å²) < 4.78 is 0. The molecular weight excluding hydrogens is 212 g/mol. The van der Waals surface area contributed by atoms with Crippen LogP contribution in [-0.4, -0.2) is 4.98 Å². The summed E-state index contributed by atoms with van der Waals surface area (Å²) in [5.74, 6) is 0.518. The molecule has 3 N–H and O–H groups in total. The Balaban J connectivity index is 2.25. The fourth-order valence-corrected chi connectivity index (χ4v) is 3.63. The Morgan fingerprint density at radius 3 is 3.12 bits per heavy atom. The summed E-state index contributed by atoms with van der Waals surface area (Å²) in [5, 5.41) is 0. The average molecular weight is 230 g/mol. The van der Waals surface area contributed by atoms with Crippen molar-refractivity contribution < 1.29 is 0 Å². The second kappa shape index (κ2) is 3.57. The molecule has 0 aliphatic heterocycles. The lowest BCUT2D eigenvalue weighted by molar-refractivity contribution is 0.296. The zero-order valence-corrected chi connectivity index (χ0v) is 10.1. The third kappa shape index (κ3) is 1.42. The van der Waals surface area contributed by atoms with Crippen molar-refractivity contribution in [3.05, 3.63) is 45.4 Å². The average Bonchev–Trinajstić information content (AvgIpc) is 2.27. The van der Waals surface area contributed by atoms with Gasteiger partial charge in [0.15, 0.2) is 0 Å². The summed E-state index contributed by atoms with van der Waals surface area (Å²) in [7, 11) is 0. The molecule has 17 heavy (non-hydrogen) atoms. The summed E-state index contributed by atoms with van der Waals surface area (Å²) in [6.07, 6.45) is 6.47. The van der Waals surface area contributed by atoms with Gasteiger partial charge in [0.25, 0.3) is 0 Å². The van der Waals surface area contributed by atoms with Gasteiger partial charge in [-0.3, -0.25) is 4.79 Å². The van der Waals surface area contributed by atoms with Crippen LogP contribution in [0.3, 0.4) is 0 Å².